The molecule has 0 aliphatic rings. The topological polar surface area (TPSA) is 44.5 Å². The Morgan fingerprint density at radius 3 is 2.50 bits per heavy atom. The van der Waals surface area contributed by atoms with Crippen molar-refractivity contribution in [2.45, 2.75) is 12.8 Å². The zero-order valence-electron chi connectivity index (χ0n) is 8.29. The van der Waals surface area contributed by atoms with Crippen molar-refractivity contribution in [3.8, 4) is 0 Å². The van der Waals surface area contributed by atoms with Crippen molar-refractivity contribution >= 4 is 0 Å². The van der Waals surface area contributed by atoms with Crippen LogP contribution < -0.4 is 5.73 Å². The Kier molecular flexibility index (Phi) is 4.00. The van der Waals surface area contributed by atoms with Gasteiger partial charge in [-0.05, 0) is 12.1 Å². The monoisotopic (exact) mass is 199 g/mol. The van der Waals surface area contributed by atoms with Gasteiger partial charge in [0, 0.05) is 31.9 Å². The molecule has 4 heteroatoms. The summed E-state index contributed by atoms with van der Waals surface area (Å²) < 4.78 is 23.2. The summed E-state index contributed by atoms with van der Waals surface area (Å²) in [6.07, 6.45) is -0.471. The second-order valence-electron chi connectivity index (χ2n) is 2.86. The molecule has 0 atom stereocenters. The minimum absolute atomic E-state index is 0.166. The summed E-state index contributed by atoms with van der Waals surface area (Å²) in [7, 11) is 3.05. The van der Waals surface area contributed by atoms with E-state index in [0.717, 1.165) is 5.56 Å². The van der Waals surface area contributed by atoms with Gasteiger partial charge in [-0.2, -0.15) is 0 Å². The number of ether oxygens (including phenoxy) is 2. The van der Waals surface area contributed by atoms with E-state index in [1.807, 2.05) is 0 Å². The summed E-state index contributed by atoms with van der Waals surface area (Å²) in [5, 5.41) is 0. The largest absolute Gasteiger partial charge is 0.352 e. The first-order valence-electron chi connectivity index (χ1n) is 4.27. The minimum atomic E-state index is -0.471. The van der Waals surface area contributed by atoms with E-state index in [0.29, 0.717) is 5.56 Å². The summed E-state index contributed by atoms with van der Waals surface area (Å²) >= 11 is 0. The number of benzene rings is 1. The predicted octanol–water partition coefficient (Wildman–Crippen LogP) is 1.58. The number of nitrogens with two attached hydrogens (primary N) is 1. The molecular weight excluding hydrogens is 185 g/mol. The smallest absolute Gasteiger partial charge is 0.183 e. The van der Waals surface area contributed by atoms with Gasteiger partial charge >= 0.3 is 0 Å². The Bertz CT molecular complexity index is 300. The van der Waals surface area contributed by atoms with Gasteiger partial charge in [0.25, 0.3) is 0 Å². The molecule has 0 amide bonds. The zero-order chi connectivity index (χ0) is 10.6. The summed E-state index contributed by atoms with van der Waals surface area (Å²) in [5.41, 5.74) is 6.60. The maximum atomic E-state index is 13.1. The van der Waals surface area contributed by atoms with Crippen molar-refractivity contribution in [2.75, 3.05) is 14.2 Å². The molecule has 0 saturated carbocycles. The molecule has 0 fully saturated rings. The second-order valence-corrected chi connectivity index (χ2v) is 2.86. The normalized spacial score (nSPS) is 10.9. The summed E-state index contributed by atoms with van der Waals surface area (Å²) in [5.74, 6) is -0.304. The fourth-order valence-corrected chi connectivity index (χ4v) is 1.27. The van der Waals surface area contributed by atoms with Crippen molar-refractivity contribution in [3.63, 3.8) is 0 Å². The highest BCUT2D eigenvalue weighted by atomic mass is 19.1. The maximum Gasteiger partial charge on any atom is 0.183 e. The SMILES string of the molecule is COC(OC)c1ccc(F)c(CN)c1. The van der Waals surface area contributed by atoms with Crippen molar-refractivity contribution in [1.82, 2.24) is 0 Å². The lowest BCUT2D eigenvalue weighted by Gasteiger charge is -2.14. The van der Waals surface area contributed by atoms with E-state index < -0.39 is 6.29 Å². The Labute approximate surface area is 82.6 Å². The molecule has 1 rings (SSSR count). The van der Waals surface area contributed by atoms with Crippen LogP contribution in [0.15, 0.2) is 18.2 Å². The molecule has 0 aliphatic heterocycles. The van der Waals surface area contributed by atoms with Crippen LogP contribution in [0.5, 0.6) is 0 Å². The van der Waals surface area contributed by atoms with Crippen molar-refractivity contribution in [2.24, 2.45) is 5.73 Å². The lowest BCUT2D eigenvalue weighted by Crippen LogP contribution is -2.06. The standard InChI is InChI=1S/C10H14FNO2/c1-13-10(14-2)7-3-4-9(11)8(5-7)6-12/h3-5,10H,6,12H2,1-2H3. The molecule has 1 aromatic rings. The molecule has 2 N–H and O–H groups in total. The van der Waals surface area contributed by atoms with E-state index in [4.69, 9.17) is 15.2 Å². The lowest BCUT2D eigenvalue weighted by atomic mass is 10.1. The first kappa shape index (κ1) is 11.1. The van der Waals surface area contributed by atoms with Crippen LogP contribution in [0, 0.1) is 5.82 Å². The van der Waals surface area contributed by atoms with Gasteiger partial charge in [0.05, 0.1) is 0 Å². The molecule has 0 heterocycles. The highest BCUT2D eigenvalue weighted by Gasteiger charge is 2.10. The Balaban J connectivity index is 2.98. The maximum absolute atomic E-state index is 13.1. The van der Waals surface area contributed by atoms with Crippen molar-refractivity contribution in [3.05, 3.63) is 35.1 Å². The van der Waals surface area contributed by atoms with E-state index in [1.54, 1.807) is 12.1 Å². The summed E-state index contributed by atoms with van der Waals surface area (Å²) in [4.78, 5) is 0. The van der Waals surface area contributed by atoms with Gasteiger partial charge in [-0.1, -0.05) is 6.07 Å². The molecule has 0 aliphatic carbocycles. The fraction of sp³-hybridized carbons (Fsp3) is 0.400. The minimum Gasteiger partial charge on any atom is -0.352 e. The van der Waals surface area contributed by atoms with Crippen LogP contribution in [-0.2, 0) is 16.0 Å². The highest BCUT2D eigenvalue weighted by Crippen LogP contribution is 2.19. The molecule has 0 saturated heterocycles. The van der Waals surface area contributed by atoms with Crippen molar-refractivity contribution < 1.29 is 13.9 Å². The average Bonchev–Trinajstić information content (AvgIpc) is 2.22. The van der Waals surface area contributed by atoms with E-state index in [2.05, 4.69) is 0 Å². The van der Waals surface area contributed by atoms with Gasteiger partial charge in [-0.15, -0.1) is 0 Å². The van der Waals surface area contributed by atoms with E-state index in [9.17, 15) is 4.39 Å². The molecule has 0 radical (unpaired) electrons. The van der Waals surface area contributed by atoms with Gasteiger partial charge in [0.15, 0.2) is 6.29 Å². The summed E-state index contributed by atoms with van der Waals surface area (Å²) in [6, 6.07) is 4.63. The predicted molar refractivity (Wildman–Crippen MR) is 51.1 cm³/mol. The number of hydrogen-bond donors (Lipinski definition) is 1. The van der Waals surface area contributed by atoms with Crippen LogP contribution >= 0.6 is 0 Å². The molecule has 0 spiro atoms. The molecule has 3 nitrogen and oxygen atoms in total. The zero-order valence-corrected chi connectivity index (χ0v) is 8.29. The van der Waals surface area contributed by atoms with Gasteiger partial charge in [-0.25, -0.2) is 4.39 Å². The first-order chi connectivity index (χ1) is 6.72. The Morgan fingerprint density at radius 1 is 1.36 bits per heavy atom. The van der Waals surface area contributed by atoms with Crippen LogP contribution in [0.3, 0.4) is 0 Å². The Morgan fingerprint density at radius 2 is 2.00 bits per heavy atom. The third kappa shape index (κ3) is 2.29. The van der Waals surface area contributed by atoms with Gasteiger partial charge in [-0.3, -0.25) is 0 Å². The number of rotatable bonds is 4. The number of methoxy groups -OCH3 is 2. The van der Waals surface area contributed by atoms with Crippen LogP contribution in [0.2, 0.25) is 0 Å². The second kappa shape index (κ2) is 5.05. The van der Waals surface area contributed by atoms with Gasteiger partial charge in [0.1, 0.15) is 5.82 Å². The number of hydrogen-bond acceptors (Lipinski definition) is 3. The van der Waals surface area contributed by atoms with Gasteiger partial charge < -0.3 is 15.2 Å². The van der Waals surface area contributed by atoms with Crippen LogP contribution in [0.1, 0.15) is 17.4 Å². The van der Waals surface area contributed by atoms with E-state index in [-0.39, 0.29) is 12.4 Å². The third-order valence-electron chi connectivity index (χ3n) is 1.99. The van der Waals surface area contributed by atoms with Crippen LogP contribution in [-0.4, -0.2) is 14.2 Å². The van der Waals surface area contributed by atoms with E-state index >= 15 is 0 Å². The fourth-order valence-electron chi connectivity index (χ4n) is 1.27. The lowest BCUT2D eigenvalue weighted by molar-refractivity contribution is -0.106. The van der Waals surface area contributed by atoms with Crippen molar-refractivity contribution in [1.29, 1.82) is 0 Å². The first-order valence-corrected chi connectivity index (χ1v) is 4.27. The van der Waals surface area contributed by atoms with E-state index in [1.165, 1.54) is 20.3 Å². The quantitative estimate of drug-likeness (QED) is 0.749. The van der Waals surface area contributed by atoms with Gasteiger partial charge in [0.2, 0.25) is 0 Å². The molecule has 14 heavy (non-hydrogen) atoms. The Hall–Kier alpha value is -0.970. The third-order valence-corrected chi connectivity index (χ3v) is 1.99. The molecule has 1 aromatic carbocycles. The van der Waals surface area contributed by atoms with Crippen LogP contribution in [0.25, 0.3) is 0 Å². The molecule has 0 aromatic heterocycles. The number of halogens is 1. The molecule has 0 bridgehead atoms. The van der Waals surface area contributed by atoms with Crippen LogP contribution in [0.4, 0.5) is 4.39 Å². The molecule has 0 unspecified atom stereocenters. The molecule has 78 valence electrons. The molecular formula is C10H14FNO2. The highest BCUT2D eigenvalue weighted by molar-refractivity contribution is 5.25. The average molecular weight is 199 g/mol. The summed E-state index contributed by atoms with van der Waals surface area (Å²) in [6.45, 7) is 0.166.